The third-order valence-corrected chi connectivity index (χ3v) is 5.06. The van der Waals surface area contributed by atoms with Gasteiger partial charge in [0, 0.05) is 6.04 Å². The molecular formula is C14H27N. The van der Waals surface area contributed by atoms with E-state index in [4.69, 9.17) is 0 Å². The Bertz CT molecular complexity index is 207. The molecule has 1 heteroatoms. The first kappa shape index (κ1) is 11.4. The second-order valence-electron chi connectivity index (χ2n) is 6.31. The largest absolute Gasteiger partial charge is 0.313 e. The Labute approximate surface area is 95.0 Å². The normalized spacial score (nSPS) is 36.2. The van der Waals surface area contributed by atoms with Crippen molar-refractivity contribution in [2.45, 2.75) is 65.3 Å². The first-order valence-electron chi connectivity index (χ1n) is 6.85. The molecule has 0 aromatic rings. The Hall–Kier alpha value is -0.0400. The Morgan fingerprint density at radius 1 is 1.27 bits per heavy atom. The minimum absolute atomic E-state index is 0.637. The molecule has 1 N–H and O–H groups in total. The quantitative estimate of drug-likeness (QED) is 0.746. The molecule has 2 aliphatic rings. The fourth-order valence-electron chi connectivity index (χ4n) is 2.90. The zero-order chi connectivity index (χ0) is 10.9. The van der Waals surface area contributed by atoms with Gasteiger partial charge in [-0.25, -0.2) is 0 Å². The highest BCUT2D eigenvalue weighted by Gasteiger charge is 2.42. The van der Waals surface area contributed by atoms with Gasteiger partial charge in [-0.15, -0.1) is 0 Å². The summed E-state index contributed by atoms with van der Waals surface area (Å²) in [7, 11) is 0. The molecule has 2 rings (SSSR count). The van der Waals surface area contributed by atoms with Crippen molar-refractivity contribution in [2.75, 3.05) is 6.54 Å². The molecule has 2 saturated carbocycles. The number of hydrogen-bond donors (Lipinski definition) is 1. The summed E-state index contributed by atoms with van der Waals surface area (Å²) >= 11 is 0. The minimum atomic E-state index is 0.637. The van der Waals surface area contributed by atoms with E-state index in [0.717, 1.165) is 17.9 Å². The van der Waals surface area contributed by atoms with Gasteiger partial charge in [-0.2, -0.15) is 0 Å². The average molecular weight is 209 g/mol. The van der Waals surface area contributed by atoms with E-state index in [1.807, 2.05) is 0 Å². The van der Waals surface area contributed by atoms with Crippen molar-refractivity contribution >= 4 is 0 Å². The molecule has 0 aromatic carbocycles. The molecule has 2 aliphatic carbocycles. The van der Waals surface area contributed by atoms with Crippen LogP contribution in [0.25, 0.3) is 0 Å². The lowest BCUT2D eigenvalue weighted by atomic mass is 9.80. The standard InChI is InChI=1S/C14H27N/c1-11-6-4-5-7-13(11)10-15-12(2)14(3)8-9-14/h11-13,15H,4-10H2,1-3H3. The predicted octanol–water partition coefficient (Wildman–Crippen LogP) is 3.59. The minimum Gasteiger partial charge on any atom is -0.313 e. The SMILES string of the molecule is CC1CCCCC1CNC(C)C1(C)CC1. The molecular weight excluding hydrogens is 182 g/mol. The maximum atomic E-state index is 3.79. The van der Waals surface area contributed by atoms with Gasteiger partial charge < -0.3 is 5.32 Å². The molecule has 0 saturated heterocycles. The molecule has 0 bridgehead atoms. The molecule has 3 unspecified atom stereocenters. The zero-order valence-electron chi connectivity index (χ0n) is 10.7. The van der Waals surface area contributed by atoms with Gasteiger partial charge in [0.05, 0.1) is 0 Å². The molecule has 1 nitrogen and oxygen atoms in total. The Morgan fingerprint density at radius 2 is 1.93 bits per heavy atom. The number of rotatable bonds is 4. The van der Waals surface area contributed by atoms with Crippen LogP contribution in [0.1, 0.15) is 59.3 Å². The summed E-state index contributed by atoms with van der Waals surface area (Å²) < 4.78 is 0. The lowest BCUT2D eigenvalue weighted by molar-refractivity contribution is 0.230. The first-order chi connectivity index (χ1) is 7.12. The summed E-state index contributed by atoms with van der Waals surface area (Å²) in [6.45, 7) is 8.50. The monoisotopic (exact) mass is 209 g/mol. The fourth-order valence-corrected chi connectivity index (χ4v) is 2.90. The summed E-state index contributed by atoms with van der Waals surface area (Å²) in [6, 6.07) is 0.728. The summed E-state index contributed by atoms with van der Waals surface area (Å²) in [5.74, 6) is 1.90. The molecule has 0 aromatic heterocycles. The molecule has 3 atom stereocenters. The molecule has 0 spiro atoms. The van der Waals surface area contributed by atoms with Gasteiger partial charge >= 0.3 is 0 Å². The smallest absolute Gasteiger partial charge is 0.00926 e. The van der Waals surface area contributed by atoms with Crippen LogP contribution >= 0.6 is 0 Å². The van der Waals surface area contributed by atoms with Crippen LogP contribution in [0.4, 0.5) is 0 Å². The van der Waals surface area contributed by atoms with E-state index in [2.05, 4.69) is 26.1 Å². The van der Waals surface area contributed by atoms with Gasteiger partial charge in [0.2, 0.25) is 0 Å². The van der Waals surface area contributed by atoms with Gasteiger partial charge in [-0.3, -0.25) is 0 Å². The van der Waals surface area contributed by atoms with Crippen LogP contribution in [0.15, 0.2) is 0 Å². The summed E-state index contributed by atoms with van der Waals surface area (Å²) in [5.41, 5.74) is 0.637. The van der Waals surface area contributed by atoms with Crippen molar-refractivity contribution in [1.82, 2.24) is 5.32 Å². The van der Waals surface area contributed by atoms with Crippen LogP contribution in [-0.2, 0) is 0 Å². The van der Waals surface area contributed by atoms with E-state index in [0.29, 0.717) is 5.41 Å². The van der Waals surface area contributed by atoms with Crippen LogP contribution in [-0.4, -0.2) is 12.6 Å². The van der Waals surface area contributed by atoms with Crippen molar-refractivity contribution < 1.29 is 0 Å². The third-order valence-electron chi connectivity index (χ3n) is 5.06. The average Bonchev–Trinajstić information content (AvgIpc) is 2.96. The lowest BCUT2D eigenvalue weighted by Gasteiger charge is -2.31. The van der Waals surface area contributed by atoms with Crippen molar-refractivity contribution in [2.24, 2.45) is 17.3 Å². The van der Waals surface area contributed by atoms with Gasteiger partial charge in [0.25, 0.3) is 0 Å². The van der Waals surface area contributed by atoms with Crippen molar-refractivity contribution in [3.63, 3.8) is 0 Å². The highest BCUT2D eigenvalue weighted by molar-refractivity contribution is 4.96. The molecule has 88 valence electrons. The van der Waals surface area contributed by atoms with Gasteiger partial charge in [0.15, 0.2) is 0 Å². The maximum Gasteiger partial charge on any atom is 0.00926 e. The number of hydrogen-bond acceptors (Lipinski definition) is 1. The van der Waals surface area contributed by atoms with Crippen molar-refractivity contribution in [3.8, 4) is 0 Å². The molecule has 15 heavy (non-hydrogen) atoms. The van der Waals surface area contributed by atoms with E-state index in [1.165, 1.54) is 45.1 Å². The van der Waals surface area contributed by atoms with Crippen molar-refractivity contribution in [3.05, 3.63) is 0 Å². The van der Waals surface area contributed by atoms with E-state index in [1.54, 1.807) is 0 Å². The predicted molar refractivity (Wildman–Crippen MR) is 65.9 cm³/mol. The van der Waals surface area contributed by atoms with Crippen LogP contribution < -0.4 is 5.32 Å². The highest BCUT2D eigenvalue weighted by Crippen LogP contribution is 2.48. The molecule has 0 amide bonds. The third kappa shape index (κ3) is 2.75. The van der Waals surface area contributed by atoms with Crippen molar-refractivity contribution in [1.29, 1.82) is 0 Å². The number of nitrogens with one attached hydrogen (secondary N) is 1. The zero-order valence-corrected chi connectivity index (χ0v) is 10.7. The van der Waals surface area contributed by atoms with Crippen LogP contribution in [0.5, 0.6) is 0 Å². The molecule has 2 fully saturated rings. The lowest BCUT2D eigenvalue weighted by Crippen LogP contribution is -2.38. The second-order valence-corrected chi connectivity index (χ2v) is 6.31. The van der Waals surface area contributed by atoms with E-state index < -0.39 is 0 Å². The molecule has 0 heterocycles. The van der Waals surface area contributed by atoms with E-state index in [9.17, 15) is 0 Å². The molecule has 0 aliphatic heterocycles. The van der Waals surface area contributed by atoms with Crippen LogP contribution in [0.3, 0.4) is 0 Å². The molecule has 0 radical (unpaired) electrons. The van der Waals surface area contributed by atoms with Crippen LogP contribution in [0.2, 0.25) is 0 Å². The van der Waals surface area contributed by atoms with Gasteiger partial charge in [-0.05, 0) is 50.0 Å². The topological polar surface area (TPSA) is 12.0 Å². The Balaban J connectivity index is 1.72. The first-order valence-corrected chi connectivity index (χ1v) is 6.85. The maximum absolute atomic E-state index is 3.79. The summed E-state index contributed by atoms with van der Waals surface area (Å²) in [6.07, 6.45) is 8.70. The van der Waals surface area contributed by atoms with E-state index in [-0.39, 0.29) is 0 Å². The highest BCUT2D eigenvalue weighted by atomic mass is 14.9. The van der Waals surface area contributed by atoms with Crippen LogP contribution in [0, 0.1) is 17.3 Å². The van der Waals surface area contributed by atoms with E-state index >= 15 is 0 Å². The fraction of sp³-hybridized carbons (Fsp3) is 1.00. The Kier molecular flexibility index (Phi) is 3.39. The second kappa shape index (κ2) is 4.45. The Morgan fingerprint density at radius 3 is 2.53 bits per heavy atom. The van der Waals surface area contributed by atoms with Gasteiger partial charge in [0.1, 0.15) is 0 Å². The van der Waals surface area contributed by atoms with Gasteiger partial charge in [-0.1, -0.05) is 33.1 Å². The summed E-state index contributed by atoms with van der Waals surface area (Å²) in [5, 5.41) is 3.79. The summed E-state index contributed by atoms with van der Waals surface area (Å²) in [4.78, 5) is 0.